The van der Waals surface area contributed by atoms with Gasteiger partial charge in [-0.1, -0.05) is 20.3 Å². The van der Waals surface area contributed by atoms with Gasteiger partial charge in [-0.15, -0.1) is 0 Å². The molecule has 0 radical (unpaired) electrons. The molecule has 0 bridgehead atoms. The molecule has 0 aliphatic heterocycles. The molecule has 4 heteroatoms. The van der Waals surface area contributed by atoms with Gasteiger partial charge >= 0.3 is 5.97 Å². The number of hydrogen-bond donors (Lipinski definition) is 2. The Bertz CT molecular complexity index is 254. The van der Waals surface area contributed by atoms with Gasteiger partial charge in [0.05, 0.1) is 0 Å². The van der Waals surface area contributed by atoms with Crippen LogP contribution >= 0.6 is 0 Å². The molecule has 1 aliphatic rings. The molecule has 0 aromatic heterocycles. The van der Waals surface area contributed by atoms with Crippen molar-refractivity contribution in [1.82, 2.24) is 10.2 Å². The van der Waals surface area contributed by atoms with E-state index in [1.807, 2.05) is 0 Å². The van der Waals surface area contributed by atoms with E-state index in [4.69, 9.17) is 0 Å². The van der Waals surface area contributed by atoms with Crippen molar-refractivity contribution in [2.75, 3.05) is 26.7 Å². The van der Waals surface area contributed by atoms with Gasteiger partial charge in [-0.05, 0) is 45.3 Å². The number of aliphatic carboxylic acids is 1. The largest absolute Gasteiger partial charge is 0.480 e. The number of carbonyl (C=O) groups is 1. The summed E-state index contributed by atoms with van der Waals surface area (Å²) in [5, 5.41) is 12.6. The monoisotopic (exact) mass is 242 g/mol. The van der Waals surface area contributed by atoms with Crippen LogP contribution in [0.3, 0.4) is 0 Å². The van der Waals surface area contributed by atoms with E-state index in [0.29, 0.717) is 12.5 Å². The molecular formula is C13H26N2O2. The molecule has 0 heterocycles. The molecular weight excluding hydrogens is 216 g/mol. The van der Waals surface area contributed by atoms with Crippen molar-refractivity contribution >= 4 is 5.97 Å². The fourth-order valence-corrected chi connectivity index (χ4v) is 2.42. The summed E-state index contributed by atoms with van der Waals surface area (Å²) in [5.74, 6) is -0.391. The molecule has 0 amide bonds. The quantitative estimate of drug-likeness (QED) is 0.644. The standard InChI is InChI=1S/C13H26N2O2/c1-4-6-9-15(5-2)10-13(14-3,12(16)17)11-7-8-11/h11,14H,4-10H2,1-3H3,(H,16,17). The van der Waals surface area contributed by atoms with Crippen LogP contribution in [0.5, 0.6) is 0 Å². The molecule has 2 N–H and O–H groups in total. The number of nitrogens with one attached hydrogen (secondary N) is 1. The Morgan fingerprint density at radius 1 is 1.47 bits per heavy atom. The second-order valence-corrected chi connectivity index (χ2v) is 5.02. The van der Waals surface area contributed by atoms with Gasteiger partial charge in [0.2, 0.25) is 0 Å². The van der Waals surface area contributed by atoms with Crippen LogP contribution in [-0.4, -0.2) is 48.2 Å². The summed E-state index contributed by atoms with van der Waals surface area (Å²) in [7, 11) is 1.78. The molecule has 4 nitrogen and oxygen atoms in total. The Balaban J connectivity index is 2.66. The Morgan fingerprint density at radius 2 is 2.12 bits per heavy atom. The predicted molar refractivity (Wildman–Crippen MR) is 69.2 cm³/mol. The number of unbranched alkanes of at least 4 members (excludes halogenated alkanes) is 1. The lowest BCUT2D eigenvalue weighted by molar-refractivity contribution is -0.146. The van der Waals surface area contributed by atoms with Gasteiger partial charge in [0.15, 0.2) is 0 Å². The van der Waals surface area contributed by atoms with Crippen molar-refractivity contribution in [3.8, 4) is 0 Å². The minimum Gasteiger partial charge on any atom is -0.480 e. The smallest absolute Gasteiger partial charge is 0.325 e. The third-order valence-corrected chi connectivity index (χ3v) is 3.85. The number of carboxylic acids is 1. The number of likely N-dealkylation sites (N-methyl/N-ethyl adjacent to an activating group) is 2. The molecule has 100 valence electrons. The van der Waals surface area contributed by atoms with Crippen LogP contribution in [0, 0.1) is 5.92 Å². The zero-order chi connectivity index (χ0) is 12.9. The van der Waals surface area contributed by atoms with Gasteiger partial charge in [0.25, 0.3) is 0 Å². The van der Waals surface area contributed by atoms with E-state index in [9.17, 15) is 9.90 Å². The Kier molecular flexibility index (Phi) is 5.40. The maximum Gasteiger partial charge on any atom is 0.325 e. The summed E-state index contributed by atoms with van der Waals surface area (Å²) in [6.07, 6.45) is 4.37. The minimum atomic E-state index is -0.732. The summed E-state index contributed by atoms with van der Waals surface area (Å²) in [6, 6.07) is 0. The first-order valence-corrected chi connectivity index (χ1v) is 6.75. The predicted octanol–water partition coefficient (Wildman–Crippen LogP) is 1.56. The maximum absolute atomic E-state index is 11.6. The lowest BCUT2D eigenvalue weighted by atomic mass is 9.92. The van der Waals surface area contributed by atoms with Gasteiger partial charge in [0, 0.05) is 6.54 Å². The molecule has 0 saturated heterocycles. The summed E-state index contributed by atoms with van der Waals surface area (Å²) in [6.45, 7) is 6.81. The third-order valence-electron chi connectivity index (χ3n) is 3.85. The molecule has 1 unspecified atom stereocenters. The van der Waals surface area contributed by atoms with E-state index in [0.717, 1.165) is 38.8 Å². The summed E-state index contributed by atoms with van der Waals surface area (Å²) in [5.41, 5.74) is -0.732. The molecule has 17 heavy (non-hydrogen) atoms. The summed E-state index contributed by atoms with van der Waals surface area (Å²) in [4.78, 5) is 13.8. The average molecular weight is 242 g/mol. The van der Waals surface area contributed by atoms with Crippen molar-refractivity contribution in [1.29, 1.82) is 0 Å². The Hall–Kier alpha value is -0.610. The van der Waals surface area contributed by atoms with E-state index in [2.05, 4.69) is 24.1 Å². The molecule has 0 aromatic rings. The number of hydrogen-bond acceptors (Lipinski definition) is 3. The first kappa shape index (κ1) is 14.5. The normalized spacial score (nSPS) is 19.3. The van der Waals surface area contributed by atoms with Crippen LogP contribution in [0.2, 0.25) is 0 Å². The highest BCUT2D eigenvalue weighted by Crippen LogP contribution is 2.40. The SMILES string of the molecule is CCCCN(CC)CC(NC)(C(=O)O)C1CC1. The number of rotatable bonds is 9. The van der Waals surface area contributed by atoms with Crippen molar-refractivity contribution < 1.29 is 9.90 Å². The lowest BCUT2D eigenvalue weighted by Gasteiger charge is -2.34. The zero-order valence-electron chi connectivity index (χ0n) is 11.3. The van der Waals surface area contributed by atoms with E-state index >= 15 is 0 Å². The van der Waals surface area contributed by atoms with Gasteiger partial charge < -0.3 is 15.3 Å². The maximum atomic E-state index is 11.6. The summed E-state index contributed by atoms with van der Waals surface area (Å²) < 4.78 is 0. The molecule has 0 aromatic carbocycles. The van der Waals surface area contributed by atoms with Gasteiger partial charge in [-0.2, -0.15) is 0 Å². The van der Waals surface area contributed by atoms with E-state index < -0.39 is 11.5 Å². The molecule has 1 saturated carbocycles. The topological polar surface area (TPSA) is 52.6 Å². The molecule has 0 spiro atoms. The van der Waals surface area contributed by atoms with Crippen molar-refractivity contribution in [3.05, 3.63) is 0 Å². The summed E-state index contributed by atoms with van der Waals surface area (Å²) >= 11 is 0. The van der Waals surface area contributed by atoms with Crippen LogP contribution in [-0.2, 0) is 4.79 Å². The van der Waals surface area contributed by atoms with Crippen molar-refractivity contribution in [3.63, 3.8) is 0 Å². The van der Waals surface area contributed by atoms with Crippen LogP contribution in [0.4, 0.5) is 0 Å². The van der Waals surface area contributed by atoms with E-state index in [1.54, 1.807) is 7.05 Å². The Morgan fingerprint density at radius 3 is 2.47 bits per heavy atom. The van der Waals surface area contributed by atoms with Gasteiger partial charge in [-0.25, -0.2) is 0 Å². The Labute approximate surface area is 104 Å². The van der Waals surface area contributed by atoms with Crippen LogP contribution < -0.4 is 5.32 Å². The third kappa shape index (κ3) is 3.42. The highest BCUT2D eigenvalue weighted by atomic mass is 16.4. The fraction of sp³-hybridized carbons (Fsp3) is 0.923. The lowest BCUT2D eigenvalue weighted by Crippen LogP contribution is -2.59. The zero-order valence-corrected chi connectivity index (χ0v) is 11.3. The average Bonchev–Trinajstić information content (AvgIpc) is 3.14. The molecule has 1 atom stereocenters. The number of nitrogens with zero attached hydrogens (tertiary/aromatic N) is 1. The van der Waals surface area contributed by atoms with E-state index in [1.165, 1.54) is 0 Å². The van der Waals surface area contributed by atoms with Crippen LogP contribution in [0.15, 0.2) is 0 Å². The van der Waals surface area contributed by atoms with Crippen molar-refractivity contribution in [2.24, 2.45) is 5.92 Å². The second-order valence-electron chi connectivity index (χ2n) is 5.02. The second kappa shape index (κ2) is 6.36. The first-order chi connectivity index (χ1) is 8.10. The van der Waals surface area contributed by atoms with Gasteiger partial charge in [-0.3, -0.25) is 4.79 Å². The first-order valence-electron chi connectivity index (χ1n) is 6.75. The van der Waals surface area contributed by atoms with Gasteiger partial charge in [0.1, 0.15) is 5.54 Å². The van der Waals surface area contributed by atoms with E-state index in [-0.39, 0.29) is 0 Å². The molecule has 1 fully saturated rings. The van der Waals surface area contributed by atoms with Crippen LogP contribution in [0.1, 0.15) is 39.5 Å². The highest BCUT2D eigenvalue weighted by molar-refractivity contribution is 5.80. The fourth-order valence-electron chi connectivity index (χ4n) is 2.42. The number of carboxylic acid groups (broad SMARTS) is 1. The minimum absolute atomic E-state index is 0.306. The van der Waals surface area contributed by atoms with Crippen LogP contribution in [0.25, 0.3) is 0 Å². The highest BCUT2D eigenvalue weighted by Gasteiger charge is 2.50. The molecule has 1 aliphatic carbocycles. The van der Waals surface area contributed by atoms with Crippen molar-refractivity contribution in [2.45, 2.75) is 45.1 Å². The molecule has 1 rings (SSSR count).